The maximum Gasteiger partial charge on any atom is 0.329 e. The molecule has 1 aliphatic carbocycles. The van der Waals surface area contributed by atoms with Gasteiger partial charge in [-0.1, -0.05) is 13.8 Å². The zero-order valence-corrected chi connectivity index (χ0v) is 14.3. The zero-order chi connectivity index (χ0) is 16.3. The van der Waals surface area contributed by atoms with Crippen LogP contribution in [0.15, 0.2) is 0 Å². The summed E-state index contributed by atoms with van der Waals surface area (Å²) in [6.07, 6.45) is 4.47. The highest BCUT2D eigenvalue weighted by molar-refractivity contribution is 7.13. The van der Waals surface area contributed by atoms with Crippen LogP contribution in [0.1, 0.15) is 66.3 Å². The number of thiazole rings is 1. The smallest absolute Gasteiger partial charge is 0.329 e. The number of aliphatic carboxylic acids is 1. The number of rotatable bonds is 5. The third kappa shape index (κ3) is 3.48. The van der Waals surface area contributed by atoms with E-state index in [1.165, 1.54) is 11.3 Å². The van der Waals surface area contributed by atoms with Gasteiger partial charge in [0.25, 0.3) is 5.91 Å². The number of nitrogens with zero attached hydrogens (tertiary/aromatic N) is 1. The van der Waals surface area contributed by atoms with Gasteiger partial charge in [-0.15, -0.1) is 11.3 Å². The molecule has 1 heterocycles. The first-order valence-electron chi connectivity index (χ1n) is 7.90. The van der Waals surface area contributed by atoms with Crippen LogP contribution in [0.2, 0.25) is 0 Å². The lowest BCUT2D eigenvalue weighted by molar-refractivity contribution is -0.146. The van der Waals surface area contributed by atoms with Crippen LogP contribution in [0.4, 0.5) is 0 Å². The van der Waals surface area contributed by atoms with Gasteiger partial charge in [-0.3, -0.25) is 4.79 Å². The number of hydrogen-bond acceptors (Lipinski definition) is 4. The van der Waals surface area contributed by atoms with Gasteiger partial charge in [0.2, 0.25) is 0 Å². The number of carboxylic acids is 1. The van der Waals surface area contributed by atoms with Crippen molar-refractivity contribution in [3.05, 3.63) is 15.6 Å². The Labute approximate surface area is 135 Å². The van der Waals surface area contributed by atoms with E-state index in [1.807, 2.05) is 0 Å². The lowest BCUT2D eigenvalue weighted by Crippen LogP contribution is -2.56. The van der Waals surface area contributed by atoms with Crippen LogP contribution < -0.4 is 5.32 Å². The molecule has 1 aromatic heterocycles. The van der Waals surface area contributed by atoms with Crippen molar-refractivity contribution in [1.82, 2.24) is 10.3 Å². The standard InChI is InChI=1S/C16H24N2O3S/c1-4-5-12-17-11(3)13(22-12)14(19)18-16(15(20)21)8-6-10(2)7-9-16/h10H,4-9H2,1-3H3,(H,18,19)(H,20,21). The SMILES string of the molecule is CCCc1nc(C)c(C(=O)NC2(C(=O)O)CCC(C)CC2)s1. The first kappa shape index (κ1) is 16.9. The summed E-state index contributed by atoms with van der Waals surface area (Å²) in [5.41, 5.74) is -0.430. The zero-order valence-electron chi connectivity index (χ0n) is 13.4. The molecule has 0 spiro atoms. The number of carbonyl (C=O) groups is 2. The van der Waals surface area contributed by atoms with Gasteiger partial charge in [0, 0.05) is 0 Å². The summed E-state index contributed by atoms with van der Waals surface area (Å²) in [4.78, 5) is 29.2. The fourth-order valence-corrected chi connectivity index (χ4v) is 3.97. The summed E-state index contributed by atoms with van der Waals surface area (Å²) in [6.45, 7) is 6.00. The second-order valence-electron chi connectivity index (χ2n) is 6.30. The van der Waals surface area contributed by atoms with Crippen molar-refractivity contribution in [1.29, 1.82) is 0 Å². The van der Waals surface area contributed by atoms with Gasteiger partial charge in [0.05, 0.1) is 10.7 Å². The lowest BCUT2D eigenvalue weighted by atomic mass is 9.77. The van der Waals surface area contributed by atoms with E-state index >= 15 is 0 Å². The molecule has 0 saturated heterocycles. The van der Waals surface area contributed by atoms with Crippen molar-refractivity contribution in [3.63, 3.8) is 0 Å². The van der Waals surface area contributed by atoms with E-state index < -0.39 is 11.5 Å². The van der Waals surface area contributed by atoms with E-state index in [2.05, 4.69) is 24.1 Å². The third-order valence-electron chi connectivity index (χ3n) is 4.40. The minimum atomic E-state index is -1.12. The second-order valence-corrected chi connectivity index (χ2v) is 7.38. The minimum absolute atomic E-state index is 0.297. The van der Waals surface area contributed by atoms with Gasteiger partial charge >= 0.3 is 5.97 Å². The molecule has 0 aromatic carbocycles. The molecular weight excluding hydrogens is 300 g/mol. The Balaban J connectivity index is 2.16. The molecule has 0 unspecified atom stereocenters. The number of hydrogen-bond donors (Lipinski definition) is 2. The molecule has 1 aromatic rings. The van der Waals surface area contributed by atoms with Crippen LogP contribution in [0, 0.1) is 12.8 Å². The fraction of sp³-hybridized carbons (Fsp3) is 0.688. The summed E-state index contributed by atoms with van der Waals surface area (Å²) >= 11 is 1.38. The maximum atomic E-state index is 12.5. The van der Waals surface area contributed by atoms with Gasteiger partial charge in [0.1, 0.15) is 10.4 Å². The second kappa shape index (κ2) is 6.77. The van der Waals surface area contributed by atoms with Crippen molar-refractivity contribution >= 4 is 23.2 Å². The lowest BCUT2D eigenvalue weighted by Gasteiger charge is -2.36. The van der Waals surface area contributed by atoms with Crippen molar-refractivity contribution in [2.24, 2.45) is 5.92 Å². The molecule has 6 heteroatoms. The van der Waals surface area contributed by atoms with Crippen LogP contribution in [0.5, 0.6) is 0 Å². The minimum Gasteiger partial charge on any atom is -0.480 e. The molecule has 1 aliphatic rings. The number of nitrogens with one attached hydrogen (secondary N) is 1. The van der Waals surface area contributed by atoms with Crippen molar-refractivity contribution < 1.29 is 14.7 Å². The molecule has 5 nitrogen and oxygen atoms in total. The summed E-state index contributed by atoms with van der Waals surface area (Å²) in [5, 5.41) is 13.3. The number of aromatic nitrogens is 1. The van der Waals surface area contributed by atoms with Crippen molar-refractivity contribution in [2.45, 2.75) is 64.8 Å². The third-order valence-corrected chi connectivity index (χ3v) is 5.62. The highest BCUT2D eigenvalue weighted by Crippen LogP contribution is 2.33. The van der Waals surface area contributed by atoms with Crippen molar-refractivity contribution in [2.75, 3.05) is 0 Å². The molecule has 2 N–H and O–H groups in total. The number of carbonyl (C=O) groups excluding carboxylic acids is 1. The average molecular weight is 324 g/mol. The Morgan fingerprint density at radius 2 is 2.05 bits per heavy atom. The molecule has 0 aliphatic heterocycles. The van der Waals surface area contributed by atoms with E-state index in [4.69, 9.17) is 0 Å². The molecule has 22 heavy (non-hydrogen) atoms. The molecule has 1 amide bonds. The Morgan fingerprint density at radius 3 is 2.59 bits per heavy atom. The number of aryl methyl sites for hydroxylation is 2. The van der Waals surface area contributed by atoms with E-state index in [9.17, 15) is 14.7 Å². The predicted octanol–water partition coefficient (Wildman–Crippen LogP) is 3.17. The average Bonchev–Trinajstić information content (AvgIpc) is 2.83. The van der Waals surface area contributed by atoms with E-state index in [0.717, 1.165) is 30.7 Å². The molecule has 2 rings (SSSR count). The maximum absolute atomic E-state index is 12.5. The molecule has 0 radical (unpaired) electrons. The highest BCUT2D eigenvalue weighted by atomic mass is 32.1. The van der Waals surface area contributed by atoms with Crippen LogP contribution in [0.25, 0.3) is 0 Å². The molecule has 0 bridgehead atoms. The van der Waals surface area contributed by atoms with Crippen LogP contribution >= 0.6 is 11.3 Å². The van der Waals surface area contributed by atoms with Crippen molar-refractivity contribution in [3.8, 4) is 0 Å². The van der Waals surface area contributed by atoms with Gasteiger partial charge < -0.3 is 10.4 Å². The Morgan fingerprint density at radius 1 is 1.41 bits per heavy atom. The topological polar surface area (TPSA) is 79.3 Å². The molecular formula is C16H24N2O3S. The fourth-order valence-electron chi connectivity index (χ4n) is 2.91. The summed E-state index contributed by atoms with van der Waals surface area (Å²) in [6, 6.07) is 0. The monoisotopic (exact) mass is 324 g/mol. The van der Waals surface area contributed by atoms with Crippen LogP contribution in [-0.4, -0.2) is 27.5 Å². The summed E-state index contributed by atoms with van der Waals surface area (Å²) < 4.78 is 0. The van der Waals surface area contributed by atoms with E-state index in [1.54, 1.807) is 6.92 Å². The van der Waals surface area contributed by atoms with Crippen LogP contribution in [-0.2, 0) is 11.2 Å². The van der Waals surface area contributed by atoms with Crippen LogP contribution in [0.3, 0.4) is 0 Å². The molecule has 0 atom stereocenters. The van der Waals surface area contributed by atoms with Gasteiger partial charge in [-0.05, 0) is 51.4 Å². The Hall–Kier alpha value is -1.43. The number of amides is 1. The number of carboxylic acid groups (broad SMARTS) is 1. The highest BCUT2D eigenvalue weighted by Gasteiger charge is 2.43. The summed E-state index contributed by atoms with van der Waals surface area (Å²) in [7, 11) is 0. The molecule has 1 fully saturated rings. The Bertz CT molecular complexity index is 560. The first-order valence-corrected chi connectivity index (χ1v) is 8.72. The molecule has 122 valence electrons. The van der Waals surface area contributed by atoms with Gasteiger partial charge in [-0.2, -0.15) is 0 Å². The van der Waals surface area contributed by atoms with Gasteiger partial charge in [-0.25, -0.2) is 9.78 Å². The normalized spacial score (nSPS) is 25.0. The quantitative estimate of drug-likeness (QED) is 0.872. The van der Waals surface area contributed by atoms with Gasteiger partial charge in [0.15, 0.2) is 0 Å². The first-order chi connectivity index (χ1) is 10.4. The summed E-state index contributed by atoms with van der Waals surface area (Å²) in [5.74, 6) is -0.705. The predicted molar refractivity (Wildman–Crippen MR) is 86.3 cm³/mol. The Kier molecular flexibility index (Phi) is 5.21. The largest absolute Gasteiger partial charge is 0.480 e. The molecule has 1 saturated carbocycles. The van der Waals surface area contributed by atoms with E-state index in [-0.39, 0.29) is 5.91 Å². The van der Waals surface area contributed by atoms with E-state index in [0.29, 0.717) is 29.3 Å².